The van der Waals surface area contributed by atoms with E-state index in [1.165, 1.54) is 71.0 Å². The first-order valence-corrected chi connectivity index (χ1v) is 8.52. The zero-order chi connectivity index (χ0) is 13.7. The molecule has 2 heteroatoms. The van der Waals surface area contributed by atoms with Crippen molar-refractivity contribution in [3.63, 3.8) is 0 Å². The fourth-order valence-corrected chi connectivity index (χ4v) is 4.35. The Kier molecular flexibility index (Phi) is 5.70. The fraction of sp³-hybridized carbons (Fsp3) is 1.00. The molecule has 2 aliphatic rings. The van der Waals surface area contributed by atoms with Crippen LogP contribution in [0, 0.1) is 11.3 Å². The summed E-state index contributed by atoms with van der Waals surface area (Å²) in [5, 5.41) is 3.83. The van der Waals surface area contributed by atoms with Crippen LogP contribution in [0.15, 0.2) is 0 Å². The van der Waals surface area contributed by atoms with Crippen molar-refractivity contribution in [2.45, 2.75) is 71.3 Å². The highest BCUT2D eigenvalue weighted by molar-refractivity contribution is 4.88. The molecule has 2 nitrogen and oxygen atoms in total. The predicted octanol–water partition coefficient (Wildman–Crippen LogP) is 3.67. The van der Waals surface area contributed by atoms with Gasteiger partial charge in [0.1, 0.15) is 0 Å². The summed E-state index contributed by atoms with van der Waals surface area (Å²) in [6, 6.07) is 0.784. The highest BCUT2D eigenvalue weighted by atomic mass is 15.2. The van der Waals surface area contributed by atoms with E-state index in [9.17, 15) is 0 Å². The van der Waals surface area contributed by atoms with Crippen molar-refractivity contribution < 1.29 is 0 Å². The van der Waals surface area contributed by atoms with E-state index in [4.69, 9.17) is 0 Å². The van der Waals surface area contributed by atoms with Crippen molar-refractivity contribution in [3.05, 3.63) is 0 Å². The van der Waals surface area contributed by atoms with Crippen LogP contribution in [0.3, 0.4) is 0 Å². The number of likely N-dealkylation sites (N-methyl/N-ethyl adjacent to an activating group) is 1. The molecule has 2 fully saturated rings. The lowest BCUT2D eigenvalue weighted by Crippen LogP contribution is -2.45. The van der Waals surface area contributed by atoms with Crippen LogP contribution in [0.1, 0.15) is 65.2 Å². The average Bonchev–Trinajstić information content (AvgIpc) is 2.79. The molecule has 1 saturated heterocycles. The van der Waals surface area contributed by atoms with Gasteiger partial charge in [0.2, 0.25) is 0 Å². The van der Waals surface area contributed by atoms with Crippen molar-refractivity contribution in [3.8, 4) is 0 Å². The summed E-state index contributed by atoms with van der Waals surface area (Å²) in [4.78, 5) is 2.56. The van der Waals surface area contributed by atoms with Gasteiger partial charge in [-0.15, -0.1) is 0 Å². The highest BCUT2D eigenvalue weighted by Crippen LogP contribution is 2.42. The molecule has 0 radical (unpaired) electrons. The third kappa shape index (κ3) is 4.46. The van der Waals surface area contributed by atoms with Gasteiger partial charge in [-0.3, -0.25) is 0 Å². The summed E-state index contributed by atoms with van der Waals surface area (Å²) in [6.07, 6.45) is 11.5. The topological polar surface area (TPSA) is 15.3 Å². The lowest BCUT2D eigenvalue weighted by Gasteiger charge is -2.35. The maximum Gasteiger partial charge on any atom is 0.0217 e. The summed E-state index contributed by atoms with van der Waals surface area (Å²) in [5.41, 5.74) is 0.626. The lowest BCUT2D eigenvalue weighted by atomic mass is 9.78. The number of likely N-dealkylation sites (tertiary alicyclic amines) is 1. The minimum absolute atomic E-state index is 0.626. The van der Waals surface area contributed by atoms with Crippen molar-refractivity contribution in [2.75, 3.05) is 26.7 Å². The monoisotopic (exact) mass is 266 g/mol. The molecule has 1 saturated carbocycles. The lowest BCUT2D eigenvalue weighted by molar-refractivity contribution is 0.166. The molecule has 0 aromatic rings. The van der Waals surface area contributed by atoms with Crippen LogP contribution < -0.4 is 5.32 Å². The van der Waals surface area contributed by atoms with E-state index in [2.05, 4.69) is 31.1 Å². The first-order valence-electron chi connectivity index (χ1n) is 8.52. The van der Waals surface area contributed by atoms with E-state index in [1.807, 2.05) is 0 Å². The van der Waals surface area contributed by atoms with E-state index in [0.717, 1.165) is 12.0 Å². The zero-order valence-corrected chi connectivity index (χ0v) is 13.4. The molecule has 0 aromatic carbocycles. The molecule has 1 unspecified atom stereocenters. The Labute approximate surface area is 120 Å². The van der Waals surface area contributed by atoms with Gasteiger partial charge in [0.25, 0.3) is 0 Å². The maximum atomic E-state index is 3.83. The molecule has 1 heterocycles. The summed E-state index contributed by atoms with van der Waals surface area (Å²) in [7, 11) is 2.30. The third-order valence-corrected chi connectivity index (χ3v) is 5.31. The Morgan fingerprint density at radius 2 is 1.89 bits per heavy atom. The van der Waals surface area contributed by atoms with Gasteiger partial charge < -0.3 is 10.2 Å². The molecule has 1 N–H and O–H groups in total. The second-order valence-electron chi connectivity index (χ2n) is 7.57. The van der Waals surface area contributed by atoms with Gasteiger partial charge in [-0.05, 0) is 57.0 Å². The van der Waals surface area contributed by atoms with Crippen LogP contribution in [0.4, 0.5) is 0 Å². The van der Waals surface area contributed by atoms with E-state index >= 15 is 0 Å². The van der Waals surface area contributed by atoms with Gasteiger partial charge >= 0.3 is 0 Å². The van der Waals surface area contributed by atoms with Crippen LogP contribution in [-0.2, 0) is 0 Å². The van der Waals surface area contributed by atoms with Crippen molar-refractivity contribution >= 4 is 0 Å². The standard InChI is InChI=1S/C17H34N2/c1-15(2)12-17(9-5-6-10-17)14-18-13-16-8-4-7-11-19(16)3/h15-16,18H,4-14H2,1-3H3. The molecule has 0 spiro atoms. The van der Waals surface area contributed by atoms with Gasteiger partial charge in [-0.2, -0.15) is 0 Å². The summed E-state index contributed by atoms with van der Waals surface area (Å²) in [5.74, 6) is 0.845. The Balaban J connectivity index is 1.76. The molecular weight excluding hydrogens is 232 g/mol. The van der Waals surface area contributed by atoms with E-state index < -0.39 is 0 Å². The number of nitrogens with zero attached hydrogens (tertiary/aromatic N) is 1. The van der Waals surface area contributed by atoms with Gasteiger partial charge in [-0.25, -0.2) is 0 Å². The zero-order valence-electron chi connectivity index (χ0n) is 13.4. The van der Waals surface area contributed by atoms with Gasteiger partial charge in [0, 0.05) is 19.1 Å². The number of hydrogen-bond donors (Lipinski definition) is 1. The van der Waals surface area contributed by atoms with Crippen LogP contribution in [0.2, 0.25) is 0 Å². The number of piperidine rings is 1. The average molecular weight is 266 g/mol. The fourth-order valence-electron chi connectivity index (χ4n) is 4.35. The molecule has 0 amide bonds. The second kappa shape index (κ2) is 7.08. The van der Waals surface area contributed by atoms with E-state index in [1.54, 1.807) is 0 Å². The molecule has 2 rings (SSSR count). The molecule has 19 heavy (non-hydrogen) atoms. The van der Waals surface area contributed by atoms with E-state index in [0.29, 0.717) is 5.41 Å². The van der Waals surface area contributed by atoms with E-state index in [-0.39, 0.29) is 0 Å². The molecule has 1 aliphatic heterocycles. The van der Waals surface area contributed by atoms with Crippen LogP contribution in [0.25, 0.3) is 0 Å². The second-order valence-corrected chi connectivity index (χ2v) is 7.57. The highest BCUT2D eigenvalue weighted by Gasteiger charge is 2.34. The van der Waals surface area contributed by atoms with Crippen molar-refractivity contribution in [1.82, 2.24) is 10.2 Å². The third-order valence-electron chi connectivity index (χ3n) is 5.31. The van der Waals surface area contributed by atoms with Crippen LogP contribution in [0.5, 0.6) is 0 Å². The molecule has 0 aromatic heterocycles. The first kappa shape index (κ1) is 15.3. The van der Waals surface area contributed by atoms with Gasteiger partial charge in [0.15, 0.2) is 0 Å². The smallest absolute Gasteiger partial charge is 0.0217 e. The van der Waals surface area contributed by atoms with Crippen LogP contribution >= 0.6 is 0 Å². The van der Waals surface area contributed by atoms with Gasteiger partial charge in [0.05, 0.1) is 0 Å². The SMILES string of the molecule is CC(C)CC1(CNCC2CCCCN2C)CCCC1. The summed E-state index contributed by atoms with van der Waals surface area (Å²) < 4.78 is 0. The number of nitrogens with one attached hydrogen (secondary N) is 1. The Bertz CT molecular complexity index is 256. The number of rotatable bonds is 6. The predicted molar refractivity (Wildman–Crippen MR) is 83.5 cm³/mol. The molecule has 0 bridgehead atoms. The Morgan fingerprint density at radius 3 is 2.53 bits per heavy atom. The minimum atomic E-state index is 0.626. The summed E-state index contributed by atoms with van der Waals surface area (Å²) >= 11 is 0. The quantitative estimate of drug-likeness (QED) is 0.789. The normalized spacial score (nSPS) is 28.1. The van der Waals surface area contributed by atoms with Crippen molar-refractivity contribution in [2.24, 2.45) is 11.3 Å². The molecule has 112 valence electrons. The Hall–Kier alpha value is -0.0800. The molecular formula is C17H34N2. The summed E-state index contributed by atoms with van der Waals surface area (Å²) in [6.45, 7) is 8.53. The van der Waals surface area contributed by atoms with Crippen molar-refractivity contribution in [1.29, 1.82) is 0 Å². The number of hydrogen-bond acceptors (Lipinski definition) is 2. The Morgan fingerprint density at radius 1 is 1.16 bits per heavy atom. The van der Waals surface area contributed by atoms with Crippen LogP contribution in [-0.4, -0.2) is 37.6 Å². The largest absolute Gasteiger partial charge is 0.315 e. The molecule has 1 aliphatic carbocycles. The first-order chi connectivity index (χ1) is 9.11. The molecule has 1 atom stereocenters. The maximum absolute atomic E-state index is 3.83. The van der Waals surface area contributed by atoms with Gasteiger partial charge in [-0.1, -0.05) is 33.1 Å². The minimum Gasteiger partial charge on any atom is -0.315 e.